The molecule has 1 atom stereocenters. The minimum Gasteiger partial charge on any atom is -0.383 e. The Balaban J connectivity index is 2.29. The van der Waals surface area contributed by atoms with Gasteiger partial charge in [0, 0.05) is 25.9 Å². The first-order valence-corrected chi connectivity index (χ1v) is 9.33. The number of aromatic amines is 1. The number of ether oxygens (including phenoxy) is 1. The maximum Gasteiger partial charge on any atom is 0.246 e. The van der Waals surface area contributed by atoms with Crippen molar-refractivity contribution in [3.63, 3.8) is 0 Å². The van der Waals surface area contributed by atoms with Crippen LogP contribution in [0.25, 0.3) is 0 Å². The number of hydrogen-bond donors (Lipinski definition) is 1. The fourth-order valence-corrected chi connectivity index (χ4v) is 5.57. The van der Waals surface area contributed by atoms with Crippen LogP contribution in [0.4, 0.5) is 0 Å². The number of hydrogen-bond acceptors (Lipinski definition) is 6. The molecule has 0 aliphatic carbocycles. The highest BCUT2D eigenvalue weighted by molar-refractivity contribution is 7.92. The third-order valence-electron chi connectivity index (χ3n) is 3.21. The van der Waals surface area contributed by atoms with Gasteiger partial charge in [0.15, 0.2) is 9.84 Å². The normalized spacial score (nSPS) is 22.4. The molecule has 0 radical (unpaired) electrons. The zero-order valence-electron chi connectivity index (χ0n) is 11.0. The molecule has 0 saturated carbocycles. The van der Waals surface area contributed by atoms with Gasteiger partial charge in [0.1, 0.15) is 4.90 Å². The quantitative estimate of drug-likeness (QED) is 0.736. The lowest BCUT2D eigenvalue weighted by Crippen LogP contribution is -2.42. The molecule has 1 aromatic heterocycles. The van der Waals surface area contributed by atoms with E-state index in [-0.39, 0.29) is 29.6 Å². The molecule has 0 spiro atoms. The van der Waals surface area contributed by atoms with Gasteiger partial charge in [0.2, 0.25) is 10.0 Å². The van der Waals surface area contributed by atoms with E-state index >= 15 is 0 Å². The van der Waals surface area contributed by atoms with Crippen molar-refractivity contribution in [2.75, 3.05) is 31.8 Å². The van der Waals surface area contributed by atoms with Crippen LogP contribution < -0.4 is 0 Å². The number of sulfonamides is 1. The largest absolute Gasteiger partial charge is 0.383 e. The van der Waals surface area contributed by atoms with Gasteiger partial charge in [-0.3, -0.25) is 5.10 Å². The first-order valence-electron chi connectivity index (χ1n) is 6.07. The van der Waals surface area contributed by atoms with E-state index in [9.17, 15) is 16.8 Å². The van der Waals surface area contributed by atoms with Crippen molar-refractivity contribution in [3.8, 4) is 0 Å². The van der Waals surface area contributed by atoms with Crippen molar-refractivity contribution in [1.29, 1.82) is 0 Å². The second-order valence-corrected chi connectivity index (χ2v) is 8.72. The van der Waals surface area contributed by atoms with Crippen molar-refractivity contribution < 1.29 is 21.6 Å². The molecule has 2 heterocycles. The second-order valence-electron chi connectivity index (χ2n) is 4.60. The van der Waals surface area contributed by atoms with Crippen LogP contribution in [-0.4, -0.2) is 69.1 Å². The summed E-state index contributed by atoms with van der Waals surface area (Å²) in [6.07, 6.45) is 2.79. The number of nitrogens with zero attached hydrogens (tertiary/aromatic N) is 2. The van der Waals surface area contributed by atoms with Crippen LogP contribution in [0.3, 0.4) is 0 Å². The number of nitrogens with one attached hydrogen (secondary N) is 1. The smallest absolute Gasteiger partial charge is 0.246 e. The van der Waals surface area contributed by atoms with Gasteiger partial charge in [0.25, 0.3) is 0 Å². The molecule has 10 heteroatoms. The Morgan fingerprint density at radius 1 is 1.55 bits per heavy atom. The lowest BCUT2D eigenvalue weighted by Gasteiger charge is -2.26. The minimum atomic E-state index is -3.77. The summed E-state index contributed by atoms with van der Waals surface area (Å²) in [7, 11) is -5.47. The number of aromatic nitrogens is 2. The molecule has 1 N–H and O–H groups in total. The van der Waals surface area contributed by atoms with Crippen LogP contribution in [0, 0.1) is 0 Å². The highest BCUT2D eigenvalue weighted by Crippen LogP contribution is 2.24. The maximum absolute atomic E-state index is 12.5. The Bertz CT molecular complexity index is 638. The van der Waals surface area contributed by atoms with Gasteiger partial charge in [-0.1, -0.05) is 0 Å². The highest BCUT2D eigenvalue weighted by atomic mass is 32.2. The summed E-state index contributed by atoms with van der Waals surface area (Å²) in [6, 6.07) is -0.546. The molecule has 20 heavy (non-hydrogen) atoms. The van der Waals surface area contributed by atoms with Gasteiger partial charge >= 0.3 is 0 Å². The van der Waals surface area contributed by atoms with Crippen LogP contribution in [0.5, 0.6) is 0 Å². The maximum atomic E-state index is 12.5. The van der Waals surface area contributed by atoms with Crippen molar-refractivity contribution in [2.45, 2.75) is 17.4 Å². The number of rotatable bonds is 6. The zero-order valence-corrected chi connectivity index (χ0v) is 12.7. The Kier molecular flexibility index (Phi) is 4.47. The van der Waals surface area contributed by atoms with E-state index < -0.39 is 25.9 Å². The van der Waals surface area contributed by atoms with Crippen LogP contribution in [0.15, 0.2) is 17.3 Å². The van der Waals surface area contributed by atoms with Gasteiger partial charge in [-0.15, -0.1) is 0 Å². The molecule has 114 valence electrons. The SMILES string of the molecule is COCCN(C1CCS(=O)(=O)C1)S(=O)(=O)c1cn[nH]c1. The van der Waals surface area contributed by atoms with Crippen LogP contribution >= 0.6 is 0 Å². The van der Waals surface area contributed by atoms with E-state index in [1.807, 2.05) is 0 Å². The van der Waals surface area contributed by atoms with Gasteiger partial charge in [-0.25, -0.2) is 16.8 Å². The van der Waals surface area contributed by atoms with Crippen molar-refractivity contribution >= 4 is 19.9 Å². The molecule has 1 aliphatic heterocycles. The predicted octanol–water partition coefficient (Wildman–Crippen LogP) is -0.766. The molecule has 1 aliphatic rings. The Morgan fingerprint density at radius 3 is 2.80 bits per heavy atom. The molecular weight excluding hydrogens is 306 g/mol. The topological polar surface area (TPSA) is 109 Å². The van der Waals surface area contributed by atoms with E-state index in [4.69, 9.17) is 4.74 Å². The monoisotopic (exact) mass is 323 g/mol. The summed E-state index contributed by atoms with van der Waals surface area (Å²) in [5, 5.41) is 6.07. The van der Waals surface area contributed by atoms with Gasteiger partial charge in [0.05, 0.1) is 24.3 Å². The van der Waals surface area contributed by atoms with E-state index in [0.717, 1.165) is 0 Å². The number of H-pyrrole nitrogens is 1. The van der Waals surface area contributed by atoms with E-state index in [0.29, 0.717) is 6.42 Å². The molecule has 0 amide bonds. The molecule has 1 unspecified atom stereocenters. The Hall–Kier alpha value is -0.970. The third kappa shape index (κ3) is 3.19. The average molecular weight is 323 g/mol. The van der Waals surface area contributed by atoms with Crippen LogP contribution in [-0.2, 0) is 24.6 Å². The van der Waals surface area contributed by atoms with Crippen molar-refractivity contribution in [1.82, 2.24) is 14.5 Å². The molecule has 1 saturated heterocycles. The third-order valence-corrected chi connectivity index (χ3v) is 6.88. The van der Waals surface area contributed by atoms with Gasteiger partial charge in [-0.2, -0.15) is 9.40 Å². The molecule has 0 aromatic carbocycles. The molecule has 0 bridgehead atoms. The van der Waals surface area contributed by atoms with E-state index in [1.165, 1.54) is 23.8 Å². The predicted molar refractivity (Wildman–Crippen MR) is 71.4 cm³/mol. The van der Waals surface area contributed by atoms with Crippen molar-refractivity contribution in [3.05, 3.63) is 12.4 Å². The second kappa shape index (κ2) is 5.80. The standard InChI is InChI=1S/C10H17N3O5S2/c1-18-4-3-13(9-2-5-19(14,15)8-9)20(16,17)10-6-11-12-7-10/h6-7,9H,2-5,8H2,1H3,(H,11,12). The molecular formula is C10H17N3O5S2. The molecule has 8 nitrogen and oxygen atoms in total. The number of sulfone groups is 1. The first-order chi connectivity index (χ1) is 9.37. The minimum absolute atomic E-state index is 0.0159. The first kappa shape index (κ1) is 15.4. The average Bonchev–Trinajstić information content (AvgIpc) is 2.99. The lowest BCUT2D eigenvalue weighted by atomic mass is 10.3. The highest BCUT2D eigenvalue weighted by Gasteiger charge is 2.38. The Labute approximate surface area is 118 Å². The summed E-state index contributed by atoms with van der Waals surface area (Å²) in [5.41, 5.74) is 0. The zero-order chi connectivity index (χ0) is 14.8. The summed E-state index contributed by atoms with van der Waals surface area (Å²) in [4.78, 5) is 0.0258. The van der Waals surface area contributed by atoms with Crippen molar-refractivity contribution in [2.24, 2.45) is 0 Å². The summed E-state index contributed by atoms with van der Waals surface area (Å²) in [5.74, 6) is -0.129. The number of methoxy groups -OCH3 is 1. The van der Waals surface area contributed by atoms with Gasteiger partial charge in [-0.05, 0) is 6.42 Å². The molecule has 1 aromatic rings. The Morgan fingerprint density at radius 2 is 2.30 bits per heavy atom. The fourth-order valence-electron chi connectivity index (χ4n) is 2.20. The molecule has 2 rings (SSSR count). The van der Waals surface area contributed by atoms with Crippen LogP contribution in [0.2, 0.25) is 0 Å². The van der Waals surface area contributed by atoms with E-state index in [2.05, 4.69) is 10.2 Å². The summed E-state index contributed by atoms with van der Waals surface area (Å²) < 4.78 is 54.3. The van der Waals surface area contributed by atoms with Crippen LogP contribution in [0.1, 0.15) is 6.42 Å². The van der Waals surface area contributed by atoms with E-state index in [1.54, 1.807) is 0 Å². The lowest BCUT2D eigenvalue weighted by molar-refractivity contribution is 0.169. The molecule has 1 fully saturated rings. The fraction of sp³-hybridized carbons (Fsp3) is 0.700. The summed E-state index contributed by atoms with van der Waals surface area (Å²) >= 11 is 0. The summed E-state index contributed by atoms with van der Waals surface area (Å²) in [6.45, 7) is 0.317. The van der Waals surface area contributed by atoms with Gasteiger partial charge < -0.3 is 4.74 Å².